The van der Waals surface area contributed by atoms with Crippen LogP contribution >= 0.6 is 20.2 Å². The molecule has 0 aromatic carbocycles. The molecule has 240 valence electrons. The summed E-state index contributed by atoms with van der Waals surface area (Å²) >= 11 is 1.38. The zero-order valence-corrected chi connectivity index (χ0v) is 30.0. The molecule has 0 spiro atoms. The normalized spacial score (nSPS) is 13.8. The lowest BCUT2D eigenvalue weighted by molar-refractivity contribution is -0.152. The number of hydrogen-bond donors (Lipinski definition) is 1. The molecule has 0 aromatic heterocycles. The van der Waals surface area contributed by atoms with Crippen LogP contribution in [0.25, 0.3) is 0 Å². The number of nitrogens with one attached hydrogen (secondary N) is 1. The molecule has 0 heterocycles. The molecule has 7 nitrogen and oxygen atoms in total. The first-order chi connectivity index (χ1) is 18.9. The fraction of sp³-hybridized carbons (Fsp3) is 0.968. The van der Waals surface area contributed by atoms with Gasteiger partial charge in [-0.2, -0.15) is 0 Å². The molecule has 0 saturated heterocycles. The SMILES string of the molecule is CCOC(COP(N(C(C)C)C(C)C)N(C(C)C)C(C)C)OCCSC(=O)CCCCCNC(CC)(CC)CC. The topological polar surface area (TPSA) is 63.3 Å². The van der Waals surface area contributed by atoms with Crippen LogP contribution in [0, 0.1) is 0 Å². The van der Waals surface area contributed by atoms with Gasteiger partial charge in [0.25, 0.3) is 0 Å². The van der Waals surface area contributed by atoms with E-state index in [9.17, 15) is 4.79 Å². The van der Waals surface area contributed by atoms with Gasteiger partial charge in [0.1, 0.15) is 6.61 Å². The van der Waals surface area contributed by atoms with Gasteiger partial charge >= 0.3 is 0 Å². The Morgan fingerprint density at radius 1 is 0.800 bits per heavy atom. The third-order valence-electron chi connectivity index (χ3n) is 7.43. The fourth-order valence-corrected chi connectivity index (χ4v) is 8.19. The number of carbonyl (C=O) groups excluding carboxylic acids is 1. The zero-order valence-electron chi connectivity index (χ0n) is 28.3. The second-order valence-electron chi connectivity index (χ2n) is 11.7. The van der Waals surface area contributed by atoms with Crippen molar-refractivity contribution in [3.63, 3.8) is 0 Å². The molecule has 0 aliphatic heterocycles. The predicted molar refractivity (Wildman–Crippen MR) is 176 cm³/mol. The van der Waals surface area contributed by atoms with Crippen LogP contribution in [0.3, 0.4) is 0 Å². The van der Waals surface area contributed by atoms with Gasteiger partial charge < -0.3 is 19.3 Å². The average Bonchev–Trinajstić information content (AvgIpc) is 2.88. The van der Waals surface area contributed by atoms with Gasteiger partial charge in [0.05, 0.1) is 6.61 Å². The first-order valence-corrected chi connectivity index (χ1v) is 18.2. The van der Waals surface area contributed by atoms with E-state index in [1.54, 1.807) is 0 Å². The van der Waals surface area contributed by atoms with Gasteiger partial charge in [0.15, 0.2) is 19.9 Å². The van der Waals surface area contributed by atoms with Crippen molar-refractivity contribution in [1.82, 2.24) is 14.7 Å². The summed E-state index contributed by atoms with van der Waals surface area (Å²) < 4.78 is 23.5. The molecule has 0 aromatic rings. The van der Waals surface area contributed by atoms with E-state index in [0.29, 0.717) is 56.2 Å². The minimum atomic E-state index is -0.996. The molecular weight excluding hydrogens is 541 g/mol. The largest absolute Gasteiger partial charge is 0.351 e. The van der Waals surface area contributed by atoms with Crippen LogP contribution in [0.15, 0.2) is 0 Å². The first kappa shape index (κ1) is 40.2. The van der Waals surface area contributed by atoms with Crippen molar-refractivity contribution in [1.29, 1.82) is 0 Å². The van der Waals surface area contributed by atoms with Crippen molar-refractivity contribution >= 4 is 25.3 Å². The van der Waals surface area contributed by atoms with Crippen LogP contribution in [-0.4, -0.2) is 82.6 Å². The Hall–Kier alpha value is 0.210. The van der Waals surface area contributed by atoms with Crippen LogP contribution in [0.4, 0.5) is 0 Å². The maximum atomic E-state index is 12.4. The van der Waals surface area contributed by atoms with Crippen molar-refractivity contribution in [2.75, 3.05) is 32.1 Å². The van der Waals surface area contributed by atoms with Crippen LogP contribution in [0.1, 0.15) is 128 Å². The van der Waals surface area contributed by atoms with Gasteiger partial charge in [-0.3, -0.25) is 4.79 Å². The quantitative estimate of drug-likeness (QED) is 0.0633. The zero-order chi connectivity index (χ0) is 30.7. The van der Waals surface area contributed by atoms with E-state index >= 15 is 0 Å². The van der Waals surface area contributed by atoms with Crippen molar-refractivity contribution in [2.45, 2.75) is 164 Å². The summed E-state index contributed by atoms with van der Waals surface area (Å²) in [7, 11) is -0.996. The molecule has 40 heavy (non-hydrogen) atoms. The molecule has 0 fully saturated rings. The van der Waals surface area contributed by atoms with E-state index < -0.39 is 14.7 Å². The van der Waals surface area contributed by atoms with Crippen LogP contribution in [-0.2, 0) is 18.8 Å². The van der Waals surface area contributed by atoms with Gasteiger partial charge in [-0.25, -0.2) is 9.34 Å². The van der Waals surface area contributed by atoms with Gasteiger partial charge in [-0.1, -0.05) is 39.0 Å². The molecule has 1 N–H and O–H groups in total. The van der Waals surface area contributed by atoms with Crippen molar-refractivity contribution in [2.24, 2.45) is 0 Å². The van der Waals surface area contributed by atoms with E-state index in [2.05, 4.69) is 90.8 Å². The summed E-state index contributed by atoms with van der Waals surface area (Å²) in [5, 5.41) is 4.00. The molecule has 0 rings (SSSR count). The molecule has 1 unspecified atom stereocenters. The number of nitrogens with zero attached hydrogens (tertiary/aromatic N) is 2. The van der Waals surface area contributed by atoms with Crippen LogP contribution in [0.2, 0.25) is 0 Å². The molecule has 0 amide bonds. The third-order valence-corrected chi connectivity index (χ3v) is 11.3. The lowest BCUT2D eigenvalue weighted by atomic mass is 9.89. The highest BCUT2D eigenvalue weighted by atomic mass is 32.2. The Labute approximate surface area is 254 Å². The summed E-state index contributed by atoms with van der Waals surface area (Å²) in [5.74, 6) is 0.638. The monoisotopic (exact) mass is 607 g/mol. The molecule has 9 heteroatoms. The molecule has 0 bridgehead atoms. The lowest BCUT2D eigenvalue weighted by Crippen LogP contribution is -2.44. The molecule has 0 saturated carbocycles. The number of rotatable bonds is 25. The number of hydrogen-bond acceptors (Lipinski definition) is 8. The number of unbranched alkanes of at least 4 members (excludes halogenated alkanes) is 2. The van der Waals surface area contributed by atoms with Gasteiger partial charge in [-0.15, -0.1) is 0 Å². The standard InChI is InChI=1S/C31H66N3O4PS/c1-13-31(14-2,15-3)32-21-19-17-18-20-29(35)40-23-22-37-30(36-16-4)24-38-39(33(25(5)6)26(7)8)34(27(9)10)28(11)12/h25-28,30,32H,13-24H2,1-12H3. The Morgan fingerprint density at radius 2 is 1.32 bits per heavy atom. The average molecular weight is 608 g/mol. The Bertz CT molecular complexity index is 591. The van der Waals surface area contributed by atoms with Gasteiger partial charge in [0, 0.05) is 48.5 Å². The van der Waals surface area contributed by atoms with Crippen molar-refractivity contribution < 1.29 is 18.8 Å². The van der Waals surface area contributed by atoms with E-state index in [0.717, 1.165) is 45.1 Å². The molecule has 0 aliphatic carbocycles. The van der Waals surface area contributed by atoms with E-state index in [4.69, 9.17) is 14.0 Å². The fourth-order valence-electron chi connectivity index (χ4n) is 5.15. The summed E-state index contributed by atoms with van der Waals surface area (Å²) in [5.41, 5.74) is 0.280. The smallest absolute Gasteiger partial charge is 0.189 e. The highest BCUT2D eigenvalue weighted by Crippen LogP contribution is 2.50. The summed E-state index contributed by atoms with van der Waals surface area (Å²) in [6.07, 6.45) is 6.85. The number of thioether (sulfide) groups is 1. The maximum absolute atomic E-state index is 12.4. The molecular formula is C31H66N3O4PS. The number of carbonyl (C=O) groups is 1. The summed E-state index contributed by atoms with van der Waals surface area (Å²) in [4.78, 5) is 12.4. The highest BCUT2D eigenvalue weighted by Gasteiger charge is 2.35. The van der Waals surface area contributed by atoms with E-state index in [1.807, 2.05) is 6.92 Å². The minimum absolute atomic E-state index is 0.253. The van der Waals surface area contributed by atoms with E-state index in [-0.39, 0.29) is 10.7 Å². The summed E-state index contributed by atoms with van der Waals surface area (Å²) in [6.45, 7) is 29.0. The summed E-state index contributed by atoms with van der Waals surface area (Å²) in [6, 6.07) is 1.42. The maximum Gasteiger partial charge on any atom is 0.189 e. The third kappa shape index (κ3) is 15.6. The van der Waals surface area contributed by atoms with Gasteiger partial charge in [-0.05, 0) is 101 Å². The Balaban J connectivity index is 4.66. The second-order valence-corrected chi connectivity index (χ2v) is 14.6. The Kier molecular flexibility index (Phi) is 22.8. The van der Waals surface area contributed by atoms with E-state index in [1.165, 1.54) is 11.8 Å². The molecule has 0 radical (unpaired) electrons. The minimum Gasteiger partial charge on any atom is -0.351 e. The van der Waals surface area contributed by atoms with Crippen LogP contribution < -0.4 is 5.32 Å². The second kappa shape index (κ2) is 22.7. The highest BCUT2D eigenvalue weighted by molar-refractivity contribution is 8.13. The Morgan fingerprint density at radius 3 is 1.77 bits per heavy atom. The predicted octanol–water partition coefficient (Wildman–Crippen LogP) is 8.23. The van der Waals surface area contributed by atoms with Gasteiger partial charge in [0.2, 0.25) is 0 Å². The lowest BCUT2D eigenvalue weighted by Gasteiger charge is -2.45. The number of ether oxygens (including phenoxy) is 2. The van der Waals surface area contributed by atoms with Crippen molar-refractivity contribution in [3.8, 4) is 0 Å². The first-order valence-electron chi connectivity index (χ1n) is 16.0. The van der Waals surface area contributed by atoms with Crippen LogP contribution in [0.5, 0.6) is 0 Å². The molecule has 0 aliphatic rings. The van der Waals surface area contributed by atoms with Crippen molar-refractivity contribution in [3.05, 3.63) is 0 Å². The molecule has 1 atom stereocenters.